The number of rotatable bonds is 5. The SMILES string of the molecule is CO[C@]1(CCC=CC#N)CC[C@H](c2ccc(C(F)(F)F)cc2)CC1. The van der Waals surface area contributed by atoms with E-state index in [-0.39, 0.29) is 11.5 Å². The highest BCUT2D eigenvalue weighted by Gasteiger charge is 2.35. The molecule has 1 aromatic carbocycles. The van der Waals surface area contributed by atoms with Crippen molar-refractivity contribution in [2.75, 3.05) is 7.11 Å². The molecular formula is C19H22F3NO. The molecule has 0 atom stereocenters. The molecule has 5 heteroatoms. The molecule has 24 heavy (non-hydrogen) atoms. The quantitative estimate of drug-likeness (QED) is 0.654. The maximum atomic E-state index is 12.6. The molecule has 1 aliphatic carbocycles. The van der Waals surface area contributed by atoms with Gasteiger partial charge in [0.2, 0.25) is 0 Å². The van der Waals surface area contributed by atoms with E-state index in [9.17, 15) is 13.2 Å². The number of hydrogen-bond donors (Lipinski definition) is 0. The van der Waals surface area contributed by atoms with Gasteiger partial charge in [-0.05, 0) is 62.1 Å². The second-order valence-electron chi connectivity index (χ2n) is 6.35. The minimum absolute atomic E-state index is 0.178. The van der Waals surface area contributed by atoms with Crippen LogP contribution in [0.1, 0.15) is 55.6 Å². The van der Waals surface area contributed by atoms with Crippen molar-refractivity contribution in [3.8, 4) is 6.07 Å². The van der Waals surface area contributed by atoms with Crippen LogP contribution in [0.4, 0.5) is 13.2 Å². The first-order valence-corrected chi connectivity index (χ1v) is 8.17. The Morgan fingerprint density at radius 3 is 2.38 bits per heavy atom. The Hall–Kier alpha value is -1.80. The molecule has 0 unspecified atom stereocenters. The molecule has 1 aromatic rings. The van der Waals surface area contributed by atoms with Gasteiger partial charge in [-0.15, -0.1) is 0 Å². The van der Waals surface area contributed by atoms with Crippen LogP contribution < -0.4 is 0 Å². The summed E-state index contributed by atoms with van der Waals surface area (Å²) in [7, 11) is 1.71. The zero-order valence-electron chi connectivity index (χ0n) is 13.8. The standard InChI is InChI=1S/C19H22F3NO/c1-24-18(11-3-2-4-14-23)12-9-16(10-13-18)15-5-7-17(8-6-15)19(20,21)22/h2,4-8,16H,3,9-13H2,1H3/t16-,18+. The molecule has 0 aliphatic heterocycles. The summed E-state index contributed by atoms with van der Waals surface area (Å²) in [5.41, 5.74) is 0.192. The summed E-state index contributed by atoms with van der Waals surface area (Å²) < 4.78 is 43.7. The van der Waals surface area contributed by atoms with Gasteiger partial charge in [0.05, 0.1) is 17.2 Å². The summed E-state index contributed by atoms with van der Waals surface area (Å²) in [6.45, 7) is 0. The number of ether oxygens (including phenoxy) is 1. The Bertz CT molecular complexity index is 591. The number of hydrogen-bond acceptors (Lipinski definition) is 2. The van der Waals surface area contributed by atoms with Crippen LogP contribution in [0.2, 0.25) is 0 Å². The molecule has 0 N–H and O–H groups in total. The van der Waals surface area contributed by atoms with Gasteiger partial charge in [-0.2, -0.15) is 18.4 Å². The molecule has 0 saturated heterocycles. The molecule has 0 spiro atoms. The largest absolute Gasteiger partial charge is 0.416 e. The minimum atomic E-state index is -4.28. The molecule has 0 heterocycles. The van der Waals surface area contributed by atoms with Crippen LogP contribution in [0.5, 0.6) is 0 Å². The minimum Gasteiger partial charge on any atom is -0.378 e. The predicted molar refractivity (Wildman–Crippen MR) is 86.4 cm³/mol. The topological polar surface area (TPSA) is 33.0 Å². The second-order valence-corrected chi connectivity index (χ2v) is 6.35. The van der Waals surface area contributed by atoms with E-state index in [4.69, 9.17) is 10.00 Å². The lowest BCUT2D eigenvalue weighted by Gasteiger charge is -2.39. The van der Waals surface area contributed by atoms with Gasteiger partial charge >= 0.3 is 6.18 Å². The zero-order chi connectivity index (χ0) is 17.6. The Kier molecular flexibility index (Phi) is 6.06. The first kappa shape index (κ1) is 18.5. The number of allylic oxidation sites excluding steroid dienone is 2. The number of benzene rings is 1. The van der Waals surface area contributed by atoms with Crippen LogP contribution in [-0.4, -0.2) is 12.7 Å². The van der Waals surface area contributed by atoms with Crippen molar-refractivity contribution in [1.82, 2.24) is 0 Å². The Morgan fingerprint density at radius 1 is 1.25 bits per heavy atom. The average Bonchev–Trinajstić information content (AvgIpc) is 2.59. The van der Waals surface area contributed by atoms with E-state index in [0.29, 0.717) is 0 Å². The lowest BCUT2D eigenvalue weighted by Crippen LogP contribution is -2.35. The van der Waals surface area contributed by atoms with Crippen LogP contribution in [-0.2, 0) is 10.9 Å². The molecule has 0 aromatic heterocycles. The van der Waals surface area contributed by atoms with E-state index in [1.807, 2.05) is 12.1 Å². The first-order chi connectivity index (χ1) is 11.4. The monoisotopic (exact) mass is 337 g/mol. The van der Waals surface area contributed by atoms with Gasteiger partial charge < -0.3 is 4.74 Å². The molecule has 0 radical (unpaired) electrons. The van der Waals surface area contributed by atoms with Crippen molar-refractivity contribution < 1.29 is 17.9 Å². The smallest absolute Gasteiger partial charge is 0.378 e. The summed E-state index contributed by atoms with van der Waals surface area (Å²) in [6, 6.07) is 7.51. The van der Waals surface area contributed by atoms with E-state index in [1.54, 1.807) is 19.2 Å². The molecule has 0 amide bonds. The van der Waals surface area contributed by atoms with E-state index in [0.717, 1.165) is 44.1 Å². The summed E-state index contributed by atoms with van der Waals surface area (Å²) in [5.74, 6) is 0.283. The van der Waals surface area contributed by atoms with Gasteiger partial charge in [-0.25, -0.2) is 0 Å². The van der Waals surface area contributed by atoms with Crippen LogP contribution in [0.25, 0.3) is 0 Å². The van der Waals surface area contributed by atoms with Crippen molar-refractivity contribution in [2.45, 2.75) is 56.2 Å². The molecule has 1 fully saturated rings. The third-order valence-corrected chi connectivity index (χ3v) is 5.00. The number of methoxy groups -OCH3 is 1. The third-order valence-electron chi connectivity index (χ3n) is 5.00. The van der Waals surface area contributed by atoms with Crippen LogP contribution in [0.15, 0.2) is 36.4 Å². The van der Waals surface area contributed by atoms with Gasteiger partial charge in [0.25, 0.3) is 0 Å². The third kappa shape index (κ3) is 4.61. The lowest BCUT2D eigenvalue weighted by molar-refractivity contribution is -0.137. The highest BCUT2D eigenvalue weighted by Crippen LogP contribution is 2.42. The van der Waals surface area contributed by atoms with Gasteiger partial charge in [-0.3, -0.25) is 0 Å². The number of alkyl halides is 3. The van der Waals surface area contributed by atoms with Crippen molar-refractivity contribution in [1.29, 1.82) is 5.26 Å². The Balaban J connectivity index is 1.96. The van der Waals surface area contributed by atoms with Crippen LogP contribution >= 0.6 is 0 Å². The van der Waals surface area contributed by atoms with E-state index in [2.05, 4.69) is 0 Å². The fourth-order valence-corrected chi connectivity index (χ4v) is 3.46. The molecule has 1 saturated carbocycles. The Morgan fingerprint density at radius 2 is 1.88 bits per heavy atom. The average molecular weight is 337 g/mol. The molecule has 130 valence electrons. The highest BCUT2D eigenvalue weighted by atomic mass is 19.4. The maximum absolute atomic E-state index is 12.6. The van der Waals surface area contributed by atoms with Gasteiger partial charge in [0.15, 0.2) is 0 Å². The van der Waals surface area contributed by atoms with Crippen molar-refractivity contribution >= 4 is 0 Å². The zero-order valence-corrected chi connectivity index (χ0v) is 13.8. The second kappa shape index (κ2) is 7.85. The Labute approximate surface area is 140 Å². The first-order valence-electron chi connectivity index (χ1n) is 8.17. The molecule has 0 bridgehead atoms. The summed E-state index contributed by atoms with van der Waals surface area (Å²) >= 11 is 0. The van der Waals surface area contributed by atoms with Crippen molar-refractivity contribution in [3.05, 3.63) is 47.5 Å². The number of halogens is 3. The number of nitriles is 1. The lowest BCUT2D eigenvalue weighted by atomic mass is 9.74. The molecule has 1 aliphatic rings. The summed E-state index contributed by atoms with van der Waals surface area (Å²) in [5, 5.41) is 8.52. The van der Waals surface area contributed by atoms with Crippen molar-refractivity contribution in [3.63, 3.8) is 0 Å². The van der Waals surface area contributed by atoms with E-state index in [1.165, 1.54) is 18.2 Å². The van der Waals surface area contributed by atoms with Crippen molar-refractivity contribution in [2.24, 2.45) is 0 Å². The summed E-state index contributed by atoms with van der Waals surface area (Å²) in [6.07, 6.45) is 4.29. The molecule has 2 nitrogen and oxygen atoms in total. The maximum Gasteiger partial charge on any atom is 0.416 e. The predicted octanol–water partition coefficient (Wildman–Crippen LogP) is 5.61. The normalized spacial score (nSPS) is 24.9. The fourth-order valence-electron chi connectivity index (χ4n) is 3.46. The van der Waals surface area contributed by atoms with E-state index >= 15 is 0 Å². The van der Waals surface area contributed by atoms with Crippen LogP contribution in [0.3, 0.4) is 0 Å². The van der Waals surface area contributed by atoms with Crippen LogP contribution in [0, 0.1) is 11.3 Å². The molecular weight excluding hydrogens is 315 g/mol. The van der Waals surface area contributed by atoms with Gasteiger partial charge in [0.1, 0.15) is 0 Å². The van der Waals surface area contributed by atoms with Gasteiger partial charge in [-0.1, -0.05) is 18.2 Å². The van der Waals surface area contributed by atoms with E-state index < -0.39 is 11.7 Å². The number of nitrogens with zero attached hydrogens (tertiary/aromatic N) is 1. The highest BCUT2D eigenvalue weighted by molar-refractivity contribution is 5.27. The molecule has 2 rings (SSSR count). The summed E-state index contributed by atoms with van der Waals surface area (Å²) in [4.78, 5) is 0. The fraction of sp³-hybridized carbons (Fsp3) is 0.526. The van der Waals surface area contributed by atoms with Gasteiger partial charge in [0, 0.05) is 13.2 Å².